The van der Waals surface area contributed by atoms with E-state index in [0.717, 1.165) is 0 Å². The number of nitrogens with zero attached hydrogens (tertiary/aromatic N) is 1. The van der Waals surface area contributed by atoms with Crippen LogP contribution < -0.4 is 5.73 Å². The minimum Gasteiger partial charge on any atom is -0.480 e. The van der Waals surface area contributed by atoms with Gasteiger partial charge in [0.1, 0.15) is 11.8 Å². The maximum absolute atomic E-state index is 10.5. The molecule has 5 heteroatoms. The molecule has 0 bridgehead atoms. The molecule has 1 heterocycles. The Morgan fingerprint density at radius 2 is 2.38 bits per heavy atom. The summed E-state index contributed by atoms with van der Waals surface area (Å²) < 4.78 is 4.82. The van der Waals surface area contributed by atoms with Crippen molar-refractivity contribution in [3.05, 3.63) is 17.5 Å². The molecule has 0 amide bonds. The van der Waals surface area contributed by atoms with Gasteiger partial charge < -0.3 is 15.4 Å². The van der Waals surface area contributed by atoms with E-state index in [4.69, 9.17) is 15.4 Å². The molecule has 1 aromatic heterocycles. The lowest BCUT2D eigenvalue weighted by Crippen LogP contribution is -2.35. The van der Waals surface area contributed by atoms with Crippen molar-refractivity contribution in [2.75, 3.05) is 0 Å². The number of aliphatic carboxylic acids is 1. The zero-order chi connectivity index (χ0) is 10.0. The van der Waals surface area contributed by atoms with E-state index >= 15 is 0 Å². The van der Waals surface area contributed by atoms with Gasteiger partial charge in [-0.05, 0) is 6.92 Å². The first-order chi connectivity index (χ1) is 6.02. The largest absolute Gasteiger partial charge is 0.480 e. The number of rotatable bonds is 3. The number of carbonyl (C=O) groups is 1. The molecule has 0 aromatic carbocycles. The van der Waals surface area contributed by atoms with E-state index in [1.54, 1.807) is 19.9 Å². The van der Waals surface area contributed by atoms with Crippen LogP contribution in [0.4, 0.5) is 0 Å². The lowest BCUT2D eigenvalue weighted by atomic mass is 9.99. The third kappa shape index (κ3) is 2.06. The first-order valence-corrected chi connectivity index (χ1v) is 3.94. The van der Waals surface area contributed by atoms with Gasteiger partial charge in [0.2, 0.25) is 0 Å². The van der Waals surface area contributed by atoms with E-state index in [2.05, 4.69) is 5.16 Å². The Morgan fingerprint density at radius 1 is 1.77 bits per heavy atom. The van der Waals surface area contributed by atoms with Gasteiger partial charge in [-0.25, -0.2) is 0 Å². The second kappa shape index (κ2) is 3.57. The van der Waals surface area contributed by atoms with Crippen molar-refractivity contribution < 1.29 is 14.4 Å². The normalized spacial score (nSPS) is 15.3. The van der Waals surface area contributed by atoms with Crippen molar-refractivity contribution in [3.63, 3.8) is 0 Å². The summed E-state index contributed by atoms with van der Waals surface area (Å²) in [5.74, 6) is -0.720. The predicted octanol–water partition coefficient (Wildman–Crippen LogP) is 0.498. The zero-order valence-corrected chi connectivity index (χ0v) is 7.52. The summed E-state index contributed by atoms with van der Waals surface area (Å²) in [5.41, 5.74) is 6.00. The highest BCUT2D eigenvalue weighted by molar-refractivity contribution is 5.74. The van der Waals surface area contributed by atoms with Gasteiger partial charge in [-0.2, -0.15) is 0 Å². The third-order valence-electron chi connectivity index (χ3n) is 1.94. The van der Waals surface area contributed by atoms with Gasteiger partial charge in [-0.3, -0.25) is 4.79 Å². The van der Waals surface area contributed by atoms with E-state index in [-0.39, 0.29) is 5.92 Å². The fraction of sp³-hybridized carbons (Fsp3) is 0.500. The highest BCUT2D eigenvalue weighted by Gasteiger charge is 2.23. The molecular weight excluding hydrogens is 172 g/mol. The van der Waals surface area contributed by atoms with Gasteiger partial charge in [0.25, 0.3) is 0 Å². The number of nitrogens with two attached hydrogens (primary N) is 1. The maximum atomic E-state index is 10.5. The van der Waals surface area contributed by atoms with Crippen molar-refractivity contribution in [2.24, 2.45) is 5.73 Å². The Hall–Kier alpha value is -1.36. The molecule has 0 aliphatic heterocycles. The second-order valence-corrected chi connectivity index (χ2v) is 3.02. The summed E-state index contributed by atoms with van der Waals surface area (Å²) in [6.07, 6.45) is 0. The van der Waals surface area contributed by atoms with Crippen LogP contribution in [0.1, 0.15) is 24.3 Å². The minimum absolute atomic E-state index is 0.338. The van der Waals surface area contributed by atoms with Crippen molar-refractivity contribution in [1.29, 1.82) is 0 Å². The topological polar surface area (TPSA) is 89.4 Å². The summed E-state index contributed by atoms with van der Waals surface area (Å²) in [4.78, 5) is 10.5. The molecule has 2 unspecified atom stereocenters. The smallest absolute Gasteiger partial charge is 0.321 e. The fourth-order valence-electron chi connectivity index (χ4n) is 0.998. The van der Waals surface area contributed by atoms with Crippen LogP contribution in [0.3, 0.4) is 0 Å². The Morgan fingerprint density at radius 3 is 2.77 bits per heavy atom. The Balaban J connectivity index is 2.78. The number of carboxylic acid groups (broad SMARTS) is 1. The summed E-state index contributed by atoms with van der Waals surface area (Å²) in [6.45, 7) is 3.45. The van der Waals surface area contributed by atoms with Crippen molar-refractivity contribution in [2.45, 2.75) is 25.8 Å². The molecule has 13 heavy (non-hydrogen) atoms. The molecule has 0 fully saturated rings. The molecule has 0 aliphatic rings. The molecule has 1 aromatic rings. The minimum atomic E-state index is -1.03. The van der Waals surface area contributed by atoms with E-state index < -0.39 is 12.0 Å². The molecular formula is C8H12N2O3. The Bertz CT molecular complexity index is 308. The lowest BCUT2D eigenvalue weighted by molar-refractivity contribution is -0.139. The molecule has 0 spiro atoms. The fourth-order valence-corrected chi connectivity index (χ4v) is 0.998. The standard InChI is InChI=1S/C8H12N2O3/c1-4-3-6(10-13-4)5(2)7(9)8(11)12/h3,5,7H,9H2,1-2H3,(H,11,12). The second-order valence-electron chi connectivity index (χ2n) is 3.02. The Labute approximate surface area is 75.5 Å². The van der Waals surface area contributed by atoms with E-state index in [0.29, 0.717) is 11.5 Å². The number of carboxylic acids is 1. The summed E-state index contributed by atoms with van der Waals surface area (Å²) in [7, 11) is 0. The third-order valence-corrected chi connectivity index (χ3v) is 1.94. The zero-order valence-electron chi connectivity index (χ0n) is 7.52. The van der Waals surface area contributed by atoms with Gasteiger partial charge in [0, 0.05) is 12.0 Å². The van der Waals surface area contributed by atoms with Crippen molar-refractivity contribution in [3.8, 4) is 0 Å². The molecule has 2 atom stereocenters. The molecule has 0 radical (unpaired) electrons. The van der Waals surface area contributed by atoms with Gasteiger partial charge in [-0.1, -0.05) is 12.1 Å². The SMILES string of the molecule is Cc1cc(C(C)C(N)C(=O)O)no1. The predicted molar refractivity (Wildman–Crippen MR) is 45.3 cm³/mol. The quantitative estimate of drug-likeness (QED) is 0.713. The van der Waals surface area contributed by atoms with Crippen LogP contribution in [-0.4, -0.2) is 22.3 Å². The van der Waals surface area contributed by atoms with Gasteiger partial charge in [0.05, 0.1) is 5.69 Å². The van der Waals surface area contributed by atoms with E-state index in [9.17, 15) is 4.79 Å². The van der Waals surface area contributed by atoms with Crippen molar-refractivity contribution in [1.82, 2.24) is 5.16 Å². The van der Waals surface area contributed by atoms with Gasteiger partial charge in [0.15, 0.2) is 0 Å². The highest BCUT2D eigenvalue weighted by Crippen LogP contribution is 2.17. The van der Waals surface area contributed by atoms with Crippen LogP contribution in [0.15, 0.2) is 10.6 Å². The van der Waals surface area contributed by atoms with Crippen LogP contribution in [-0.2, 0) is 4.79 Å². The van der Waals surface area contributed by atoms with E-state index in [1.807, 2.05) is 0 Å². The van der Waals surface area contributed by atoms with Gasteiger partial charge >= 0.3 is 5.97 Å². The molecule has 5 nitrogen and oxygen atoms in total. The number of hydrogen-bond donors (Lipinski definition) is 2. The van der Waals surface area contributed by atoms with Crippen LogP contribution in [0.25, 0.3) is 0 Å². The van der Waals surface area contributed by atoms with Gasteiger partial charge in [-0.15, -0.1) is 0 Å². The summed E-state index contributed by atoms with van der Waals surface area (Å²) in [6, 6.07) is 0.748. The molecule has 1 rings (SSSR count). The number of aromatic nitrogens is 1. The van der Waals surface area contributed by atoms with Crippen LogP contribution in [0.5, 0.6) is 0 Å². The average Bonchev–Trinajstić information content (AvgIpc) is 2.49. The molecule has 72 valence electrons. The summed E-state index contributed by atoms with van der Waals surface area (Å²) in [5, 5.41) is 12.3. The molecule has 0 saturated heterocycles. The number of hydrogen-bond acceptors (Lipinski definition) is 4. The monoisotopic (exact) mass is 184 g/mol. The maximum Gasteiger partial charge on any atom is 0.321 e. The van der Waals surface area contributed by atoms with Crippen LogP contribution >= 0.6 is 0 Å². The van der Waals surface area contributed by atoms with Crippen molar-refractivity contribution >= 4 is 5.97 Å². The highest BCUT2D eigenvalue weighted by atomic mass is 16.5. The molecule has 0 saturated carbocycles. The lowest BCUT2D eigenvalue weighted by Gasteiger charge is -2.11. The molecule has 0 aliphatic carbocycles. The van der Waals surface area contributed by atoms with Crippen LogP contribution in [0.2, 0.25) is 0 Å². The van der Waals surface area contributed by atoms with E-state index in [1.165, 1.54) is 0 Å². The Kier molecular flexibility index (Phi) is 2.67. The first kappa shape index (κ1) is 9.73. The first-order valence-electron chi connectivity index (χ1n) is 3.94. The molecule has 3 N–H and O–H groups in total. The summed E-state index contributed by atoms with van der Waals surface area (Å²) >= 11 is 0. The number of aryl methyl sites for hydroxylation is 1. The van der Waals surface area contributed by atoms with Crippen LogP contribution in [0, 0.1) is 6.92 Å². The average molecular weight is 184 g/mol.